The van der Waals surface area contributed by atoms with E-state index in [-0.39, 0.29) is 0 Å². The summed E-state index contributed by atoms with van der Waals surface area (Å²) in [6.07, 6.45) is 6.39. The fourth-order valence-electron chi connectivity index (χ4n) is 1.87. The van der Waals surface area contributed by atoms with Crippen molar-refractivity contribution < 1.29 is 4.74 Å². The minimum atomic E-state index is 0.705. The molecule has 5 nitrogen and oxygen atoms in total. The van der Waals surface area contributed by atoms with Gasteiger partial charge in [-0.1, -0.05) is 19.3 Å². The quantitative estimate of drug-likeness (QED) is 0.326. The molecule has 0 aromatic rings. The Kier molecular flexibility index (Phi) is 14.0. The van der Waals surface area contributed by atoms with Crippen molar-refractivity contribution >= 4 is 5.96 Å². The molecule has 120 valence electrons. The van der Waals surface area contributed by atoms with Crippen LogP contribution >= 0.6 is 0 Å². The third-order valence-corrected chi connectivity index (χ3v) is 2.98. The lowest BCUT2D eigenvalue weighted by atomic mass is 10.1. The van der Waals surface area contributed by atoms with Gasteiger partial charge in [0, 0.05) is 26.7 Å². The van der Waals surface area contributed by atoms with Gasteiger partial charge in [0.05, 0.1) is 6.61 Å². The van der Waals surface area contributed by atoms with Gasteiger partial charge in [-0.25, -0.2) is 0 Å². The molecule has 0 aliphatic rings. The maximum absolute atomic E-state index is 5.02. The smallest absolute Gasteiger partial charge is 0.191 e. The molecule has 0 unspecified atom stereocenters. The van der Waals surface area contributed by atoms with E-state index < -0.39 is 0 Å². The predicted molar refractivity (Wildman–Crippen MR) is 87.5 cm³/mol. The second-order valence-corrected chi connectivity index (χ2v) is 5.25. The Morgan fingerprint density at radius 1 is 1.05 bits per heavy atom. The monoisotopic (exact) mass is 286 g/mol. The molecule has 0 spiro atoms. The predicted octanol–water partition coefficient (Wildman–Crippen LogP) is 1.70. The van der Waals surface area contributed by atoms with Crippen molar-refractivity contribution in [3.8, 4) is 0 Å². The highest BCUT2D eigenvalue weighted by Gasteiger charge is 1.96. The Balaban J connectivity index is 3.56. The van der Waals surface area contributed by atoms with E-state index in [9.17, 15) is 0 Å². The molecule has 0 aliphatic heterocycles. The van der Waals surface area contributed by atoms with Crippen LogP contribution in [0.2, 0.25) is 0 Å². The van der Waals surface area contributed by atoms with Crippen LogP contribution in [0.25, 0.3) is 0 Å². The molecule has 0 amide bonds. The average Bonchev–Trinajstić information content (AvgIpc) is 2.41. The first kappa shape index (κ1) is 19.2. The Bertz CT molecular complexity index is 232. The number of methoxy groups -OCH3 is 1. The van der Waals surface area contributed by atoms with Crippen LogP contribution < -0.4 is 10.6 Å². The van der Waals surface area contributed by atoms with Gasteiger partial charge in [-0.2, -0.15) is 0 Å². The molecule has 0 atom stereocenters. The molecule has 0 rings (SSSR count). The summed E-state index contributed by atoms with van der Waals surface area (Å²) in [4.78, 5) is 6.81. The Morgan fingerprint density at radius 2 is 1.75 bits per heavy atom. The minimum Gasteiger partial charge on any atom is -0.383 e. The standard InChI is InChI=1S/C15H34N4O/c1-5-16-15(18-12-14-20-4)17-11-9-7-6-8-10-13-19(2)3/h5-14H2,1-4H3,(H2,16,17,18). The molecular weight excluding hydrogens is 252 g/mol. The number of hydrogen-bond acceptors (Lipinski definition) is 3. The highest BCUT2D eigenvalue weighted by molar-refractivity contribution is 5.79. The van der Waals surface area contributed by atoms with Gasteiger partial charge in [-0.05, 0) is 40.4 Å². The van der Waals surface area contributed by atoms with E-state index in [0.29, 0.717) is 6.61 Å². The summed E-state index contributed by atoms with van der Waals surface area (Å²) in [5.41, 5.74) is 0. The van der Waals surface area contributed by atoms with Crippen LogP contribution in [-0.2, 0) is 4.74 Å². The van der Waals surface area contributed by atoms with Gasteiger partial charge < -0.3 is 20.3 Å². The lowest BCUT2D eigenvalue weighted by molar-refractivity contribution is 0.203. The number of guanidine groups is 1. The van der Waals surface area contributed by atoms with Gasteiger partial charge in [-0.3, -0.25) is 4.99 Å². The van der Waals surface area contributed by atoms with Crippen LogP contribution in [0.3, 0.4) is 0 Å². The minimum absolute atomic E-state index is 0.705. The summed E-state index contributed by atoms with van der Waals surface area (Å²) < 4.78 is 5.02. The fraction of sp³-hybridized carbons (Fsp3) is 0.933. The van der Waals surface area contributed by atoms with Crippen LogP contribution in [-0.4, -0.2) is 64.9 Å². The normalized spacial score (nSPS) is 11.9. The second kappa shape index (κ2) is 14.6. The van der Waals surface area contributed by atoms with Crippen molar-refractivity contribution in [3.05, 3.63) is 0 Å². The molecule has 0 aromatic heterocycles. The maximum atomic E-state index is 5.02. The summed E-state index contributed by atoms with van der Waals surface area (Å²) in [5.74, 6) is 0.900. The van der Waals surface area contributed by atoms with Crippen molar-refractivity contribution in [1.29, 1.82) is 0 Å². The molecule has 0 saturated heterocycles. The maximum Gasteiger partial charge on any atom is 0.191 e. The molecule has 0 fully saturated rings. The van der Waals surface area contributed by atoms with Crippen LogP contribution in [0.4, 0.5) is 0 Å². The molecule has 0 saturated carbocycles. The molecule has 0 bridgehead atoms. The lowest BCUT2D eigenvalue weighted by Crippen LogP contribution is -2.39. The molecule has 0 aromatic carbocycles. The number of nitrogens with zero attached hydrogens (tertiary/aromatic N) is 2. The summed E-state index contributed by atoms with van der Waals surface area (Å²) in [5, 5.41) is 6.50. The van der Waals surface area contributed by atoms with Gasteiger partial charge >= 0.3 is 0 Å². The van der Waals surface area contributed by atoms with Crippen LogP contribution in [0, 0.1) is 0 Å². The van der Waals surface area contributed by atoms with Crippen LogP contribution in [0.15, 0.2) is 4.99 Å². The topological polar surface area (TPSA) is 48.9 Å². The first-order chi connectivity index (χ1) is 9.70. The third-order valence-electron chi connectivity index (χ3n) is 2.98. The molecular formula is C15H34N4O. The van der Waals surface area contributed by atoms with Crippen molar-refractivity contribution in [2.45, 2.75) is 39.0 Å². The average molecular weight is 286 g/mol. The van der Waals surface area contributed by atoms with E-state index in [0.717, 1.165) is 25.6 Å². The van der Waals surface area contributed by atoms with Gasteiger partial charge in [0.2, 0.25) is 0 Å². The molecule has 20 heavy (non-hydrogen) atoms. The SMILES string of the molecule is CCNC(=NCCCCCCCN(C)C)NCCOC. The lowest BCUT2D eigenvalue weighted by Gasteiger charge is -2.10. The summed E-state index contributed by atoms with van der Waals surface area (Å²) in [6, 6.07) is 0. The Labute approximate surface area is 125 Å². The van der Waals surface area contributed by atoms with Gasteiger partial charge in [0.25, 0.3) is 0 Å². The summed E-state index contributed by atoms with van der Waals surface area (Å²) >= 11 is 0. The van der Waals surface area contributed by atoms with Crippen LogP contribution in [0.5, 0.6) is 0 Å². The van der Waals surface area contributed by atoms with Gasteiger partial charge in [-0.15, -0.1) is 0 Å². The van der Waals surface area contributed by atoms with E-state index in [2.05, 4.69) is 41.5 Å². The summed E-state index contributed by atoms with van der Waals surface area (Å²) in [6.45, 7) is 6.58. The zero-order valence-electron chi connectivity index (χ0n) is 13.9. The fourth-order valence-corrected chi connectivity index (χ4v) is 1.87. The van der Waals surface area contributed by atoms with Crippen molar-refractivity contribution in [2.24, 2.45) is 4.99 Å². The molecule has 0 heterocycles. The number of rotatable bonds is 12. The number of unbranched alkanes of at least 4 members (excludes halogenated alkanes) is 4. The van der Waals surface area contributed by atoms with E-state index >= 15 is 0 Å². The van der Waals surface area contributed by atoms with E-state index in [1.165, 1.54) is 38.6 Å². The second-order valence-electron chi connectivity index (χ2n) is 5.25. The zero-order chi connectivity index (χ0) is 15.1. The first-order valence-corrected chi connectivity index (χ1v) is 7.86. The number of ether oxygens (including phenoxy) is 1. The Morgan fingerprint density at radius 3 is 2.40 bits per heavy atom. The van der Waals surface area contributed by atoms with E-state index in [4.69, 9.17) is 4.74 Å². The molecule has 0 aliphatic carbocycles. The molecule has 2 N–H and O–H groups in total. The van der Waals surface area contributed by atoms with Gasteiger partial charge in [0.15, 0.2) is 5.96 Å². The van der Waals surface area contributed by atoms with Gasteiger partial charge in [0.1, 0.15) is 0 Å². The van der Waals surface area contributed by atoms with E-state index in [1.807, 2.05) is 0 Å². The van der Waals surface area contributed by atoms with Crippen molar-refractivity contribution in [3.63, 3.8) is 0 Å². The highest BCUT2D eigenvalue weighted by atomic mass is 16.5. The van der Waals surface area contributed by atoms with Crippen LogP contribution in [0.1, 0.15) is 39.0 Å². The third kappa shape index (κ3) is 13.6. The summed E-state index contributed by atoms with van der Waals surface area (Å²) in [7, 11) is 5.98. The number of nitrogens with one attached hydrogen (secondary N) is 2. The first-order valence-electron chi connectivity index (χ1n) is 7.86. The number of hydrogen-bond donors (Lipinski definition) is 2. The van der Waals surface area contributed by atoms with E-state index in [1.54, 1.807) is 7.11 Å². The highest BCUT2D eigenvalue weighted by Crippen LogP contribution is 2.03. The van der Waals surface area contributed by atoms with Crippen molar-refractivity contribution in [1.82, 2.24) is 15.5 Å². The zero-order valence-corrected chi connectivity index (χ0v) is 13.9. The Hall–Kier alpha value is -0.810. The molecule has 5 heteroatoms. The largest absolute Gasteiger partial charge is 0.383 e. The molecule has 0 radical (unpaired) electrons. The van der Waals surface area contributed by atoms with Crippen molar-refractivity contribution in [2.75, 3.05) is 54.0 Å². The number of aliphatic imine (C=N–C) groups is 1.